The number of likely N-dealkylation sites (N-methyl/N-ethyl adjacent to an activating group) is 1. The minimum absolute atomic E-state index is 0.00212. The van der Waals surface area contributed by atoms with E-state index >= 15 is 0 Å². The first kappa shape index (κ1) is 31.4. The highest BCUT2D eigenvalue weighted by atomic mass is 19.4. The van der Waals surface area contributed by atoms with Crippen LogP contribution in [0.4, 0.5) is 30.7 Å². The van der Waals surface area contributed by atoms with E-state index in [-0.39, 0.29) is 48.3 Å². The van der Waals surface area contributed by atoms with Crippen LogP contribution < -0.4 is 10.5 Å². The highest BCUT2D eigenvalue weighted by Gasteiger charge is 2.45. The van der Waals surface area contributed by atoms with Crippen molar-refractivity contribution in [2.45, 2.75) is 45.6 Å². The summed E-state index contributed by atoms with van der Waals surface area (Å²) in [7, 11) is 0. The molecular weight excluding hydrogens is 545 g/mol. The first-order chi connectivity index (χ1) is 17.9. The Morgan fingerprint density at radius 2 is 1.74 bits per heavy atom. The number of piperazine rings is 1. The quantitative estimate of drug-likeness (QED) is 0.423. The Hall–Kier alpha value is -3.82. The van der Waals surface area contributed by atoms with Gasteiger partial charge in [-0.05, 0) is 44.0 Å². The molecule has 2 N–H and O–H groups in total. The standard InChI is InChI=1S/C21H22F4N4O3.C2HF3O2/c1-4-29-11(2)9-28(10-17(29)30)20(32)14-7-13(5-6-15(14)22)8-16-12(3)18(21(23,24)25)19(31)27-26-16;3-2(4,5)1(6)7/h5-7,11H,4,8-10H2,1-3H3,(H,27,31);(H,6,7). The third kappa shape index (κ3) is 7.61. The Morgan fingerprint density at radius 1 is 1.15 bits per heavy atom. The molecule has 16 heteroatoms. The van der Waals surface area contributed by atoms with Gasteiger partial charge in [0.2, 0.25) is 5.91 Å². The number of carbonyl (C=O) groups is 4. The van der Waals surface area contributed by atoms with Crippen LogP contribution in [-0.2, 0) is 20.8 Å². The lowest BCUT2D eigenvalue weighted by Crippen LogP contribution is -2.85. The summed E-state index contributed by atoms with van der Waals surface area (Å²) in [5.74, 6) is -5.94. The molecule has 1 aromatic rings. The second-order valence-electron chi connectivity index (χ2n) is 8.56. The van der Waals surface area contributed by atoms with Crippen molar-refractivity contribution in [2.24, 2.45) is 5.10 Å². The van der Waals surface area contributed by atoms with E-state index in [4.69, 9.17) is 9.90 Å². The second kappa shape index (κ2) is 11.9. The van der Waals surface area contributed by atoms with E-state index in [2.05, 4.69) is 5.10 Å². The molecule has 1 fully saturated rings. The summed E-state index contributed by atoms with van der Waals surface area (Å²) in [4.78, 5) is 48.5. The van der Waals surface area contributed by atoms with Crippen molar-refractivity contribution in [3.05, 3.63) is 46.3 Å². The normalized spacial score (nSPS) is 18.5. The summed E-state index contributed by atoms with van der Waals surface area (Å²) in [6, 6.07) is 3.42. The lowest BCUT2D eigenvalue weighted by atomic mass is 9.96. The van der Waals surface area contributed by atoms with Crippen molar-refractivity contribution in [2.75, 3.05) is 19.6 Å². The Kier molecular flexibility index (Phi) is 9.60. The van der Waals surface area contributed by atoms with Crippen molar-refractivity contribution < 1.29 is 60.4 Å². The number of hydrogen-bond donors (Lipinski definition) is 1. The lowest BCUT2D eigenvalue weighted by molar-refractivity contribution is -0.573. The number of alkyl halides is 6. The van der Waals surface area contributed by atoms with Gasteiger partial charge in [-0.25, -0.2) is 9.18 Å². The van der Waals surface area contributed by atoms with Crippen molar-refractivity contribution in [1.29, 1.82) is 0 Å². The average molecular weight is 568 g/mol. The first-order valence-electron chi connectivity index (χ1n) is 11.3. The maximum atomic E-state index is 14.5. The first-order valence-corrected chi connectivity index (χ1v) is 11.3. The minimum atomic E-state index is -5.19. The van der Waals surface area contributed by atoms with Gasteiger partial charge in [-0.15, -0.1) is 0 Å². The number of quaternary nitrogens is 1. The molecule has 2 heterocycles. The summed E-state index contributed by atoms with van der Waals surface area (Å²) in [5.41, 5.74) is -0.909. The number of halogens is 7. The van der Waals surface area contributed by atoms with Crippen LogP contribution in [0.3, 0.4) is 0 Å². The predicted octanol–water partition coefficient (Wildman–Crippen LogP) is 0.698. The fourth-order valence-corrected chi connectivity index (χ4v) is 3.99. The number of aliphatic carboxylic acids is 1. The van der Waals surface area contributed by atoms with Gasteiger partial charge in [-0.3, -0.25) is 9.59 Å². The minimum Gasteiger partial charge on any atom is -0.542 e. The largest absolute Gasteiger partial charge is 0.542 e. The zero-order valence-electron chi connectivity index (χ0n) is 20.7. The highest BCUT2D eigenvalue weighted by Crippen LogP contribution is 2.30. The molecule has 9 nitrogen and oxygen atoms in total. The van der Waals surface area contributed by atoms with Crippen LogP contribution in [0.5, 0.6) is 0 Å². The number of carboxylic acid groups (broad SMARTS) is 1. The number of amides is 3. The van der Waals surface area contributed by atoms with Gasteiger partial charge in [0.15, 0.2) is 5.57 Å². The molecular formula is C23H23F7N4O5. The molecule has 0 bridgehead atoms. The van der Waals surface area contributed by atoms with Crippen LogP contribution in [0.2, 0.25) is 0 Å². The molecule has 0 spiro atoms. The zero-order chi connectivity index (χ0) is 29.9. The average Bonchev–Trinajstić information content (AvgIpc) is 2.80. The number of carboxylic acids is 1. The number of allylic oxidation sites excluding steroid dienone is 1. The third-order valence-corrected chi connectivity index (χ3v) is 5.83. The summed E-state index contributed by atoms with van der Waals surface area (Å²) in [6.07, 6.45) is -10.2. The number of carbonyl (C=O) groups excluding carboxylic acids is 4. The van der Waals surface area contributed by atoms with Crippen molar-refractivity contribution in [3.8, 4) is 0 Å². The number of nitrogens with zero attached hydrogens (tertiary/aromatic N) is 3. The number of primary amides is 1. The van der Waals surface area contributed by atoms with Gasteiger partial charge >= 0.3 is 18.3 Å². The molecule has 39 heavy (non-hydrogen) atoms. The SMILES string of the molecule is CCN1C(=O)CN(C(=O)c2cc(CC3=N[NH2+]C(=O)C(C(F)(F)F)=C3C)ccc2F)CC1C.O=C([O-])C(F)(F)F. The molecule has 214 valence electrons. The van der Waals surface area contributed by atoms with Gasteiger partial charge in [0.1, 0.15) is 24.0 Å². The van der Waals surface area contributed by atoms with Crippen molar-refractivity contribution >= 4 is 29.4 Å². The summed E-state index contributed by atoms with van der Waals surface area (Å²) in [6.45, 7) is 5.33. The molecule has 2 aliphatic rings. The lowest BCUT2D eigenvalue weighted by Gasteiger charge is -2.39. The van der Waals surface area contributed by atoms with Crippen LogP contribution in [0.1, 0.15) is 36.7 Å². The zero-order valence-corrected chi connectivity index (χ0v) is 20.7. The maximum absolute atomic E-state index is 14.5. The Bertz CT molecular complexity index is 1220. The van der Waals surface area contributed by atoms with Gasteiger partial charge < -0.3 is 19.7 Å². The van der Waals surface area contributed by atoms with Crippen LogP contribution in [0.25, 0.3) is 0 Å². The molecule has 2 aliphatic heterocycles. The molecule has 3 rings (SSSR count). The van der Waals surface area contributed by atoms with E-state index < -0.39 is 41.5 Å². The van der Waals surface area contributed by atoms with E-state index in [0.29, 0.717) is 17.5 Å². The molecule has 0 radical (unpaired) electrons. The fraction of sp³-hybridized carbons (Fsp3) is 0.435. The van der Waals surface area contributed by atoms with E-state index in [0.717, 1.165) is 13.0 Å². The van der Waals surface area contributed by atoms with Crippen LogP contribution in [-0.4, -0.2) is 77.2 Å². The molecule has 3 amide bonds. The van der Waals surface area contributed by atoms with Gasteiger partial charge in [0.05, 0.1) is 5.56 Å². The van der Waals surface area contributed by atoms with Gasteiger partial charge in [-0.1, -0.05) is 11.2 Å². The van der Waals surface area contributed by atoms with Crippen molar-refractivity contribution in [1.82, 2.24) is 9.80 Å². The molecule has 1 aromatic carbocycles. The van der Waals surface area contributed by atoms with E-state index in [1.165, 1.54) is 17.0 Å². The molecule has 0 aliphatic carbocycles. The van der Waals surface area contributed by atoms with Gasteiger partial charge in [0, 0.05) is 25.6 Å². The van der Waals surface area contributed by atoms with Crippen LogP contribution >= 0.6 is 0 Å². The van der Waals surface area contributed by atoms with E-state index in [1.807, 2.05) is 6.92 Å². The molecule has 0 aromatic heterocycles. The van der Waals surface area contributed by atoms with Crippen LogP contribution in [0, 0.1) is 5.82 Å². The topological polar surface area (TPSA) is 127 Å². The Morgan fingerprint density at radius 3 is 2.23 bits per heavy atom. The fourth-order valence-electron chi connectivity index (χ4n) is 3.99. The second-order valence-corrected chi connectivity index (χ2v) is 8.56. The Labute approximate surface area is 216 Å². The predicted molar refractivity (Wildman–Crippen MR) is 117 cm³/mol. The number of rotatable bonds is 4. The molecule has 1 saturated heterocycles. The number of benzene rings is 1. The number of hydrogen-bond acceptors (Lipinski definition) is 6. The van der Waals surface area contributed by atoms with Gasteiger partial charge in [0.25, 0.3) is 5.91 Å². The molecule has 1 atom stereocenters. The Balaban J connectivity index is 0.000000673. The highest BCUT2D eigenvalue weighted by molar-refractivity contribution is 6.08. The maximum Gasteiger partial charge on any atom is 0.430 e. The summed E-state index contributed by atoms with van der Waals surface area (Å²) < 4.78 is 85.6. The van der Waals surface area contributed by atoms with E-state index in [9.17, 15) is 45.1 Å². The van der Waals surface area contributed by atoms with Gasteiger partial charge in [-0.2, -0.15) is 31.8 Å². The third-order valence-electron chi connectivity index (χ3n) is 5.83. The van der Waals surface area contributed by atoms with E-state index in [1.54, 1.807) is 11.8 Å². The van der Waals surface area contributed by atoms with Crippen molar-refractivity contribution in [3.63, 3.8) is 0 Å². The summed E-state index contributed by atoms with van der Waals surface area (Å²) >= 11 is 0. The summed E-state index contributed by atoms with van der Waals surface area (Å²) in [5, 5.41) is 12.6. The number of nitrogens with two attached hydrogens (primary N) is 1. The molecule has 0 saturated carbocycles. The molecule has 1 unspecified atom stereocenters. The smallest absolute Gasteiger partial charge is 0.430 e. The van der Waals surface area contributed by atoms with Crippen LogP contribution in [0.15, 0.2) is 34.4 Å². The monoisotopic (exact) mass is 568 g/mol.